The number of esters is 1. The molecule has 0 bridgehead atoms. The number of hydrogen-bond acceptors (Lipinski definition) is 7. The molecule has 1 aliphatic rings. The molecule has 0 radical (unpaired) electrons. The molecule has 2 atom stereocenters. The number of alkyl halides is 6. The number of hydrogen-bond donors (Lipinski definition) is 1. The second kappa shape index (κ2) is 11.8. The molecule has 4 rings (SSSR count). The third kappa shape index (κ3) is 6.52. The van der Waals surface area contributed by atoms with Gasteiger partial charge in [-0.15, -0.1) is 12.6 Å². The van der Waals surface area contributed by atoms with Crippen molar-refractivity contribution < 1.29 is 44.3 Å². The van der Waals surface area contributed by atoms with Gasteiger partial charge < -0.3 is 9.64 Å². The van der Waals surface area contributed by atoms with Gasteiger partial charge in [-0.1, -0.05) is 24.3 Å². The minimum atomic E-state index is -5.62. The number of thiol groups is 1. The summed E-state index contributed by atoms with van der Waals surface area (Å²) in [5.41, 5.74) is -3.05. The number of aromatic nitrogens is 1. The zero-order valence-electron chi connectivity index (χ0n) is 21.9. The summed E-state index contributed by atoms with van der Waals surface area (Å²) >= 11 is 4.28. The van der Waals surface area contributed by atoms with Crippen LogP contribution in [0.25, 0.3) is 0 Å². The minimum Gasteiger partial charge on any atom is -0.438 e. The lowest BCUT2D eigenvalue weighted by atomic mass is 9.94. The van der Waals surface area contributed by atoms with E-state index in [2.05, 4.69) is 22.3 Å². The van der Waals surface area contributed by atoms with Crippen molar-refractivity contribution >= 4 is 34.3 Å². The van der Waals surface area contributed by atoms with Crippen molar-refractivity contribution in [3.05, 3.63) is 84.2 Å². The second-order valence-electron chi connectivity index (χ2n) is 9.70. The maximum atomic E-state index is 13.9. The number of sulfonamides is 1. The van der Waals surface area contributed by atoms with E-state index in [1.54, 1.807) is 42.7 Å². The van der Waals surface area contributed by atoms with E-state index < -0.39 is 45.6 Å². The van der Waals surface area contributed by atoms with Gasteiger partial charge in [0.05, 0.1) is 4.90 Å². The van der Waals surface area contributed by atoms with Gasteiger partial charge in [0.25, 0.3) is 0 Å². The summed E-state index contributed by atoms with van der Waals surface area (Å²) in [6.07, 6.45) is -7.49. The number of carbonyl (C=O) groups excluding carboxylic acids is 1. The molecule has 7 nitrogen and oxygen atoms in total. The first kappa shape index (κ1) is 31.6. The van der Waals surface area contributed by atoms with E-state index in [1.807, 2.05) is 4.90 Å². The molecule has 0 spiro atoms. The summed E-state index contributed by atoms with van der Waals surface area (Å²) in [5.74, 6) is -2.97. The molecule has 2 aromatic carbocycles. The molecule has 1 aliphatic heterocycles. The van der Waals surface area contributed by atoms with Crippen LogP contribution in [0.4, 0.5) is 32.0 Å². The van der Waals surface area contributed by atoms with Crippen LogP contribution in [0.5, 0.6) is 0 Å². The van der Waals surface area contributed by atoms with Crippen molar-refractivity contribution in [2.24, 2.45) is 0 Å². The third-order valence-corrected chi connectivity index (χ3v) is 9.43. The predicted molar refractivity (Wildman–Crippen MR) is 144 cm³/mol. The van der Waals surface area contributed by atoms with E-state index in [0.717, 1.165) is 17.7 Å². The molecule has 3 aromatic rings. The second-order valence-corrected chi connectivity index (χ2v) is 12.1. The van der Waals surface area contributed by atoms with Crippen molar-refractivity contribution in [3.8, 4) is 0 Å². The first-order valence-electron chi connectivity index (χ1n) is 12.4. The van der Waals surface area contributed by atoms with Gasteiger partial charge in [-0.2, -0.15) is 30.6 Å². The number of anilines is 1. The average molecular weight is 634 g/mol. The van der Waals surface area contributed by atoms with Gasteiger partial charge in [0.1, 0.15) is 0 Å². The molecule has 1 fully saturated rings. The minimum absolute atomic E-state index is 0.0258. The van der Waals surface area contributed by atoms with E-state index >= 15 is 0 Å². The zero-order valence-corrected chi connectivity index (χ0v) is 23.6. The van der Waals surface area contributed by atoms with Crippen LogP contribution in [-0.4, -0.2) is 61.7 Å². The standard InChI is InChI=1S/C27H25F6N3O4S2/c1-25(27(31,32)33,40-24(37)26(28,29)30)19-6-8-20(9-7-19)36-15-14-35(17-21(36)16-18-10-12-34-13-11-18)42(38,39)23-5-3-2-4-22(23)41/h2-13,21,41H,14-17H2,1H3/t21-,25-/m0/s1. The van der Waals surface area contributed by atoms with E-state index in [-0.39, 0.29) is 29.4 Å². The van der Waals surface area contributed by atoms with Crippen LogP contribution in [0.2, 0.25) is 0 Å². The van der Waals surface area contributed by atoms with E-state index in [4.69, 9.17) is 0 Å². The lowest BCUT2D eigenvalue weighted by Gasteiger charge is -2.42. The van der Waals surface area contributed by atoms with E-state index in [1.165, 1.54) is 22.5 Å². The first-order valence-corrected chi connectivity index (χ1v) is 14.3. The average Bonchev–Trinajstić information content (AvgIpc) is 2.92. The number of piperazine rings is 1. The van der Waals surface area contributed by atoms with Gasteiger partial charge in [0.15, 0.2) is 0 Å². The third-order valence-electron chi connectivity index (χ3n) is 6.97. The Balaban J connectivity index is 1.66. The van der Waals surface area contributed by atoms with Crippen LogP contribution >= 0.6 is 12.6 Å². The Hall–Kier alpha value is -3.30. The normalized spacial score (nSPS) is 18.4. The van der Waals surface area contributed by atoms with Gasteiger partial charge >= 0.3 is 18.3 Å². The topological polar surface area (TPSA) is 79.8 Å². The summed E-state index contributed by atoms with van der Waals surface area (Å²) in [4.78, 5) is 17.5. The fraction of sp³-hybridized carbons (Fsp3) is 0.333. The highest BCUT2D eigenvalue weighted by atomic mass is 32.2. The van der Waals surface area contributed by atoms with Crippen molar-refractivity contribution in [1.29, 1.82) is 0 Å². The Bertz CT molecular complexity index is 1520. The Morgan fingerprint density at radius 3 is 2.17 bits per heavy atom. The highest BCUT2D eigenvalue weighted by Crippen LogP contribution is 2.44. The molecule has 0 unspecified atom stereocenters. The summed E-state index contributed by atoms with van der Waals surface area (Å²) in [6.45, 7) is 0.573. The molecule has 1 aromatic heterocycles. The molecule has 1 saturated heterocycles. The van der Waals surface area contributed by atoms with Gasteiger partial charge in [-0.05, 0) is 55.3 Å². The van der Waals surface area contributed by atoms with Gasteiger partial charge in [0, 0.05) is 54.2 Å². The van der Waals surface area contributed by atoms with Crippen LogP contribution in [0.3, 0.4) is 0 Å². The van der Waals surface area contributed by atoms with Crippen LogP contribution in [0.15, 0.2) is 82.8 Å². The molecule has 226 valence electrons. The fourth-order valence-corrected chi connectivity index (χ4v) is 6.72. The summed E-state index contributed by atoms with van der Waals surface area (Å²) in [7, 11) is -3.94. The van der Waals surface area contributed by atoms with E-state index in [0.29, 0.717) is 19.0 Å². The molecular weight excluding hydrogens is 608 g/mol. The van der Waals surface area contributed by atoms with Crippen LogP contribution in [-0.2, 0) is 31.6 Å². The van der Waals surface area contributed by atoms with E-state index in [9.17, 15) is 39.6 Å². The summed E-state index contributed by atoms with van der Waals surface area (Å²) < 4.78 is 112. The SMILES string of the molecule is C[C@](OC(=O)C(F)(F)F)(c1ccc(N2CCN(S(=O)(=O)c3ccccc3S)C[C@@H]2Cc2ccncc2)cc1)C(F)(F)F. The summed E-state index contributed by atoms with van der Waals surface area (Å²) in [5, 5.41) is 0. The smallest absolute Gasteiger partial charge is 0.438 e. The maximum Gasteiger partial charge on any atom is 0.490 e. The molecular formula is C27H25F6N3O4S2. The predicted octanol–water partition coefficient (Wildman–Crippen LogP) is 5.38. The number of halogens is 6. The molecule has 0 saturated carbocycles. The first-order chi connectivity index (χ1) is 19.5. The zero-order chi connectivity index (χ0) is 30.9. The molecule has 0 amide bonds. The molecule has 2 heterocycles. The molecule has 15 heteroatoms. The maximum absolute atomic E-state index is 13.9. The van der Waals surface area contributed by atoms with Crippen LogP contribution < -0.4 is 4.90 Å². The Morgan fingerprint density at radius 2 is 1.60 bits per heavy atom. The molecule has 0 aliphatic carbocycles. The Morgan fingerprint density at radius 1 is 0.976 bits per heavy atom. The van der Waals surface area contributed by atoms with Crippen molar-refractivity contribution in [3.63, 3.8) is 0 Å². The summed E-state index contributed by atoms with van der Waals surface area (Å²) in [6, 6.07) is 13.7. The largest absolute Gasteiger partial charge is 0.490 e. The number of ether oxygens (including phenoxy) is 1. The van der Waals surface area contributed by atoms with Crippen molar-refractivity contribution in [2.45, 2.75) is 47.1 Å². The lowest BCUT2D eigenvalue weighted by molar-refractivity contribution is -0.285. The number of benzene rings is 2. The number of nitrogens with zero attached hydrogens (tertiary/aromatic N) is 3. The van der Waals surface area contributed by atoms with Crippen molar-refractivity contribution in [2.75, 3.05) is 24.5 Å². The number of carbonyl (C=O) groups is 1. The Kier molecular flexibility index (Phi) is 8.86. The lowest BCUT2D eigenvalue weighted by Crippen LogP contribution is -2.55. The van der Waals surface area contributed by atoms with Crippen LogP contribution in [0.1, 0.15) is 18.1 Å². The highest BCUT2D eigenvalue weighted by molar-refractivity contribution is 7.90. The number of rotatable bonds is 7. The van der Waals surface area contributed by atoms with Crippen molar-refractivity contribution in [1.82, 2.24) is 9.29 Å². The highest BCUT2D eigenvalue weighted by Gasteiger charge is 2.59. The van der Waals surface area contributed by atoms with Gasteiger partial charge in [-0.3, -0.25) is 4.98 Å². The number of pyridine rings is 1. The quantitative estimate of drug-likeness (QED) is 0.214. The monoisotopic (exact) mass is 633 g/mol. The van der Waals surface area contributed by atoms with Crippen LogP contribution in [0, 0.1) is 0 Å². The molecule has 0 N–H and O–H groups in total. The fourth-order valence-electron chi connectivity index (χ4n) is 4.66. The van der Waals surface area contributed by atoms with Gasteiger partial charge in [0.2, 0.25) is 15.6 Å². The molecule has 42 heavy (non-hydrogen) atoms. The Labute approximate surface area is 243 Å². The van der Waals surface area contributed by atoms with Gasteiger partial charge in [-0.25, -0.2) is 13.2 Å².